The third-order valence-electron chi connectivity index (χ3n) is 4.73. The molecule has 0 spiro atoms. The van der Waals surface area contributed by atoms with Crippen LogP contribution in [0, 0.1) is 6.92 Å². The Labute approximate surface area is 152 Å². The van der Waals surface area contributed by atoms with Gasteiger partial charge in [-0.1, -0.05) is 35.7 Å². The fourth-order valence-electron chi connectivity index (χ4n) is 3.55. The summed E-state index contributed by atoms with van der Waals surface area (Å²) in [6, 6.07) is 12.6. The van der Waals surface area contributed by atoms with E-state index in [-0.39, 0.29) is 6.04 Å². The summed E-state index contributed by atoms with van der Waals surface area (Å²) in [5.41, 5.74) is 1.81. The second-order valence-electron chi connectivity index (χ2n) is 6.38. The van der Waals surface area contributed by atoms with E-state index in [0.29, 0.717) is 15.2 Å². The highest BCUT2D eigenvalue weighted by Crippen LogP contribution is 2.50. The van der Waals surface area contributed by atoms with Crippen molar-refractivity contribution in [1.82, 2.24) is 0 Å². The van der Waals surface area contributed by atoms with Gasteiger partial charge in [-0.2, -0.15) is 0 Å². The molecule has 2 aliphatic rings. The van der Waals surface area contributed by atoms with Crippen LogP contribution in [0.2, 0.25) is 5.02 Å². The van der Waals surface area contributed by atoms with Crippen molar-refractivity contribution in [1.29, 1.82) is 0 Å². The first kappa shape index (κ1) is 16.3. The fraction of sp³-hybridized carbons (Fsp3) is 0.333. The normalized spacial score (nSPS) is 23.0. The van der Waals surface area contributed by atoms with Crippen LogP contribution in [0.5, 0.6) is 0 Å². The van der Waals surface area contributed by atoms with E-state index in [0.717, 1.165) is 35.4 Å². The van der Waals surface area contributed by atoms with E-state index < -0.39 is 10.0 Å². The average Bonchev–Trinajstić information content (AvgIpc) is 3.00. The molecule has 0 N–H and O–H groups in total. The maximum atomic E-state index is 13.4. The van der Waals surface area contributed by atoms with Crippen molar-refractivity contribution in [2.75, 3.05) is 4.31 Å². The number of hydrogen-bond donors (Lipinski definition) is 0. The van der Waals surface area contributed by atoms with Gasteiger partial charge in [0, 0.05) is 15.2 Å². The molecule has 0 bridgehead atoms. The van der Waals surface area contributed by atoms with Gasteiger partial charge in [0.15, 0.2) is 0 Å². The Kier molecular flexibility index (Phi) is 4.06. The molecule has 2 atom stereocenters. The zero-order chi connectivity index (χ0) is 16.9. The molecular weight excluding hydrogens is 362 g/mol. The number of sulfonamides is 1. The molecule has 4 rings (SSSR count). The fourth-order valence-corrected chi connectivity index (χ4v) is 7.16. The highest BCUT2D eigenvalue weighted by atomic mass is 35.5. The van der Waals surface area contributed by atoms with Crippen molar-refractivity contribution < 1.29 is 8.42 Å². The summed E-state index contributed by atoms with van der Waals surface area (Å²) in [7, 11) is -3.58. The van der Waals surface area contributed by atoms with Gasteiger partial charge in [0.25, 0.3) is 10.0 Å². The summed E-state index contributed by atoms with van der Waals surface area (Å²) in [6.07, 6.45) is 3.01. The third kappa shape index (κ3) is 2.63. The van der Waals surface area contributed by atoms with Gasteiger partial charge in [0.1, 0.15) is 0 Å². The third-order valence-corrected chi connectivity index (χ3v) is 8.26. The Morgan fingerprint density at radius 2 is 1.88 bits per heavy atom. The summed E-state index contributed by atoms with van der Waals surface area (Å²) < 4.78 is 28.4. The summed E-state index contributed by atoms with van der Waals surface area (Å²) in [4.78, 5) is 1.31. The van der Waals surface area contributed by atoms with Gasteiger partial charge in [0.05, 0.1) is 16.6 Å². The van der Waals surface area contributed by atoms with Gasteiger partial charge in [0.2, 0.25) is 0 Å². The molecule has 1 aliphatic heterocycles. The number of hydrogen-bond acceptors (Lipinski definition) is 3. The molecule has 1 heterocycles. The summed E-state index contributed by atoms with van der Waals surface area (Å²) in [5, 5.41) is 0.946. The lowest BCUT2D eigenvalue weighted by atomic mass is 10.2. The van der Waals surface area contributed by atoms with Gasteiger partial charge < -0.3 is 0 Å². The van der Waals surface area contributed by atoms with Crippen molar-refractivity contribution >= 4 is 39.1 Å². The monoisotopic (exact) mass is 379 g/mol. The summed E-state index contributed by atoms with van der Waals surface area (Å²) in [5.74, 6) is 0. The smallest absolute Gasteiger partial charge is 0.261 e. The minimum atomic E-state index is -3.58. The van der Waals surface area contributed by atoms with Crippen LogP contribution in [0.15, 0.2) is 52.3 Å². The van der Waals surface area contributed by atoms with Crippen molar-refractivity contribution in [3.05, 3.63) is 53.1 Å². The van der Waals surface area contributed by atoms with Gasteiger partial charge in [-0.3, -0.25) is 4.31 Å². The minimum Gasteiger partial charge on any atom is -0.261 e. The highest BCUT2D eigenvalue weighted by molar-refractivity contribution is 8.00. The molecule has 2 aromatic carbocycles. The Bertz CT molecular complexity index is 880. The minimum absolute atomic E-state index is 0.0231. The van der Waals surface area contributed by atoms with Gasteiger partial charge >= 0.3 is 0 Å². The van der Waals surface area contributed by atoms with Crippen LogP contribution < -0.4 is 4.31 Å². The number of halogens is 1. The van der Waals surface area contributed by atoms with Crippen molar-refractivity contribution in [3.63, 3.8) is 0 Å². The SMILES string of the molecule is Cc1ccc(S(=O)(=O)N2c3ccc(Cl)cc3S[C@@H]3CCC[C@H]32)cc1. The van der Waals surface area contributed by atoms with E-state index in [9.17, 15) is 8.42 Å². The van der Waals surface area contributed by atoms with Crippen LogP contribution >= 0.6 is 23.4 Å². The van der Waals surface area contributed by atoms with Gasteiger partial charge in [-0.25, -0.2) is 8.42 Å². The molecule has 126 valence electrons. The number of thioether (sulfide) groups is 1. The molecule has 0 saturated heterocycles. The lowest BCUT2D eigenvalue weighted by Gasteiger charge is -2.39. The largest absolute Gasteiger partial charge is 0.264 e. The number of anilines is 1. The zero-order valence-electron chi connectivity index (χ0n) is 13.3. The molecule has 1 aliphatic carbocycles. The number of aryl methyl sites for hydroxylation is 1. The maximum Gasteiger partial charge on any atom is 0.264 e. The van der Waals surface area contributed by atoms with Crippen molar-refractivity contribution in [2.45, 2.75) is 47.3 Å². The molecule has 6 heteroatoms. The Balaban J connectivity index is 1.87. The summed E-state index contributed by atoms with van der Waals surface area (Å²) >= 11 is 7.90. The van der Waals surface area contributed by atoms with Gasteiger partial charge in [-0.05, 0) is 50.1 Å². The predicted molar refractivity (Wildman–Crippen MR) is 99.6 cm³/mol. The molecule has 3 nitrogen and oxygen atoms in total. The number of fused-ring (bicyclic) bond motifs is 2. The van der Waals surface area contributed by atoms with Crippen LogP contribution in [0.3, 0.4) is 0 Å². The number of benzene rings is 2. The standard InChI is InChI=1S/C18H18ClNO2S2/c1-12-5-8-14(9-6-12)24(21,22)20-15-3-2-4-17(15)23-18-11-13(19)7-10-16(18)20/h5-11,15,17H,2-4H2,1H3/t15-,17-/m1/s1. The van der Waals surface area contributed by atoms with E-state index in [2.05, 4.69) is 0 Å². The Hall–Kier alpha value is -1.17. The Morgan fingerprint density at radius 3 is 2.62 bits per heavy atom. The highest BCUT2D eigenvalue weighted by Gasteiger charge is 2.44. The first-order chi connectivity index (χ1) is 11.5. The first-order valence-corrected chi connectivity index (χ1v) is 10.7. The van der Waals surface area contributed by atoms with Crippen molar-refractivity contribution in [2.24, 2.45) is 0 Å². The topological polar surface area (TPSA) is 37.4 Å². The van der Waals surface area contributed by atoms with E-state index in [1.807, 2.05) is 31.2 Å². The van der Waals surface area contributed by atoms with Crippen molar-refractivity contribution in [3.8, 4) is 0 Å². The van der Waals surface area contributed by atoms with Crippen LogP contribution in [0.25, 0.3) is 0 Å². The van der Waals surface area contributed by atoms with Crippen LogP contribution in [0.4, 0.5) is 5.69 Å². The average molecular weight is 380 g/mol. The summed E-state index contributed by atoms with van der Waals surface area (Å²) in [6.45, 7) is 1.96. The molecule has 2 aromatic rings. The van der Waals surface area contributed by atoms with E-state index in [1.54, 1.807) is 34.3 Å². The first-order valence-electron chi connectivity index (χ1n) is 8.04. The molecule has 0 amide bonds. The lowest BCUT2D eigenvalue weighted by Crippen LogP contribution is -2.46. The molecular formula is C18H18ClNO2S2. The molecule has 0 radical (unpaired) electrons. The van der Waals surface area contributed by atoms with Crippen LogP contribution in [0.1, 0.15) is 24.8 Å². The lowest BCUT2D eigenvalue weighted by molar-refractivity contribution is 0.574. The molecule has 1 saturated carbocycles. The Morgan fingerprint density at radius 1 is 1.12 bits per heavy atom. The number of nitrogens with zero attached hydrogens (tertiary/aromatic N) is 1. The second-order valence-corrected chi connectivity index (χ2v) is 9.91. The second kappa shape index (κ2) is 5.97. The number of rotatable bonds is 2. The molecule has 24 heavy (non-hydrogen) atoms. The van der Waals surface area contributed by atoms with Crippen LogP contribution in [-0.4, -0.2) is 19.7 Å². The molecule has 0 aromatic heterocycles. The van der Waals surface area contributed by atoms with Gasteiger partial charge in [-0.15, -0.1) is 11.8 Å². The molecule has 0 unspecified atom stereocenters. The maximum absolute atomic E-state index is 13.4. The predicted octanol–water partition coefficient (Wildman–Crippen LogP) is 4.87. The van der Waals surface area contributed by atoms with E-state index >= 15 is 0 Å². The van der Waals surface area contributed by atoms with Crippen LogP contribution in [-0.2, 0) is 10.0 Å². The molecule has 1 fully saturated rings. The van der Waals surface area contributed by atoms with E-state index in [4.69, 9.17) is 11.6 Å². The van der Waals surface area contributed by atoms with E-state index in [1.165, 1.54) is 0 Å². The zero-order valence-corrected chi connectivity index (χ0v) is 15.7. The quantitative estimate of drug-likeness (QED) is 0.746.